The van der Waals surface area contributed by atoms with Crippen molar-refractivity contribution in [1.29, 1.82) is 10.5 Å². The fraction of sp³-hybridized carbons (Fsp3) is 0. The fourth-order valence-corrected chi connectivity index (χ4v) is 3.07. The van der Waals surface area contributed by atoms with Gasteiger partial charge in [-0.3, -0.25) is 4.79 Å². The lowest BCUT2D eigenvalue weighted by Gasteiger charge is -2.05. The fourth-order valence-electron chi connectivity index (χ4n) is 2.59. The average Bonchev–Trinajstić information content (AvgIpc) is 2.66. The number of nitriles is 2. The van der Waals surface area contributed by atoms with Crippen LogP contribution in [0.4, 0.5) is 0 Å². The van der Waals surface area contributed by atoms with Crippen LogP contribution in [0.15, 0.2) is 65.1 Å². The molecule has 0 atom stereocenters. The van der Waals surface area contributed by atoms with E-state index in [0.717, 1.165) is 15.2 Å². The first-order valence-corrected chi connectivity index (χ1v) is 8.27. The molecule has 0 fully saturated rings. The molecule has 0 aliphatic heterocycles. The third kappa shape index (κ3) is 3.35. The second-order valence-corrected chi connectivity index (χ2v) is 6.22. The van der Waals surface area contributed by atoms with E-state index in [4.69, 9.17) is 10.5 Å². The number of carbonyl (C=O) groups is 1. The molecule has 0 saturated heterocycles. The van der Waals surface area contributed by atoms with Gasteiger partial charge in [0.25, 0.3) is 0 Å². The molecular weight excluding hydrogens is 376 g/mol. The van der Waals surface area contributed by atoms with Gasteiger partial charge in [-0.05, 0) is 46.7 Å². The predicted octanol–water partition coefficient (Wildman–Crippen LogP) is 5.24. The summed E-state index contributed by atoms with van der Waals surface area (Å²) < 4.78 is 0.939. The van der Waals surface area contributed by atoms with E-state index >= 15 is 0 Å². The first-order valence-electron chi connectivity index (χ1n) is 7.48. The summed E-state index contributed by atoms with van der Waals surface area (Å²) in [6.07, 6.45) is 3.14. The number of fused-ring (bicyclic) bond motifs is 1. The van der Waals surface area contributed by atoms with E-state index in [1.165, 1.54) is 6.08 Å². The molecule has 118 valence electrons. The minimum atomic E-state index is -0.119. The van der Waals surface area contributed by atoms with Crippen LogP contribution in [0.5, 0.6) is 0 Å². The van der Waals surface area contributed by atoms with Crippen LogP contribution in [0, 0.1) is 22.7 Å². The Morgan fingerprint density at radius 2 is 1.64 bits per heavy atom. The number of hydrogen-bond donors (Lipinski definition) is 0. The van der Waals surface area contributed by atoms with Crippen molar-refractivity contribution in [3.8, 4) is 12.1 Å². The highest BCUT2D eigenvalue weighted by atomic mass is 79.9. The molecule has 0 saturated carbocycles. The Balaban J connectivity index is 1.96. The molecule has 3 rings (SSSR count). The summed E-state index contributed by atoms with van der Waals surface area (Å²) in [5.74, 6) is -0.119. The minimum absolute atomic E-state index is 0.119. The molecule has 0 amide bonds. The van der Waals surface area contributed by atoms with Crippen LogP contribution in [-0.4, -0.2) is 5.78 Å². The van der Waals surface area contributed by atoms with Crippen molar-refractivity contribution in [1.82, 2.24) is 0 Å². The van der Waals surface area contributed by atoms with Gasteiger partial charge in [0, 0.05) is 10.0 Å². The Kier molecular flexibility index (Phi) is 4.75. The van der Waals surface area contributed by atoms with Crippen LogP contribution in [-0.2, 0) is 0 Å². The van der Waals surface area contributed by atoms with E-state index < -0.39 is 0 Å². The zero-order valence-electron chi connectivity index (χ0n) is 13.0. The van der Waals surface area contributed by atoms with Crippen molar-refractivity contribution in [2.75, 3.05) is 0 Å². The molecule has 0 spiro atoms. The zero-order valence-corrected chi connectivity index (χ0v) is 14.6. The second-order valence-electron chi connectivity index (χ2n) is 5.37. The molecule has 0 aromatic heterocycles. The highest BCUT2D eigenvalue weighted by Crippen LogP contribution is 2.27. The molecule has 0 heterocycles. The van der Waals surface area contributed by atoms with Crippen molar-refractivity contribution in [2.24, 2.45) is 0 Å². The lowest BCUT2D eigenvalue weighted by Crippen LogP contribution is -1.96. The molecule has 0 radical (unpaired) electrons. The summed E-state index contributed by atoms with van der Waals surface area (Å²) in [6, 6.07) is 20.2. The summed E-state index contributed by atoms with van der Waals surface area (Å²) in [5, 5.41) is 19.9. The van der Waals surface area contributed by atoms with E-state index in [1.807, 2.05) is 42.5 Å². The highest BCUT2D eigenvalue weighted by molar-refractivity contribution is 9.10. The van der Waals surface area contributed by atoms with Crippen molar-refractivity contribution in [3.05, 3.63) is 87.4 Å². The first-order chi connectivity index (χ1) is 12.1. The molecule has 0 N–H and O–H groups in total. The molecule has 0 aliphatic carbocycles. The van der Waals surface area contributed by atoms with E-state index in [1.54, 1.807) is 30.3 Å². The van der Waals surface area contributed by atoms with Gasteiger partial charge in [0.05, 0.1) is 11.1 Å². The highest BCUT2D eigenvalue weighted by Gasteiger charge is 2.09. The number of nitrogens with zero attached hydrogens (tertiary/aromatic N) is 2. The Hall–Kier alpha value is -3.21. The lowest BCUT2D eigenvalue weighted by atomic mass is 10.00. The quantitative estimate of drug-likeness (QED) is 0.456. The van der Waals surface area contributed by atoms with Crippen molar-refractivity contribution < 1.29 is 4.79 Å². The Morgan fingerprint density at radius 1 is 0.920 bits per heavy atom. The van der Waals surface area contributed by atoms with Crippen LogP contribution in [0.1, 0.15) is 27.0 Å². The van der Waals surface area contributed by atoms with Gasteiger partial charge in [-0.25, -0.2) is 0 Å². The van der Waals surface area contributed by atoms with E-state index in [9.17, 15) is 4.79 Å². The zero-order chi connectivity index (χ0) is 17.8. The molecule has 3 aromatic rings. The Bertz CT molecular complexity index is 1100. The number of hydrogen-bond acceptors (Lipinski definition) is 3. The third-order valence-electron chi connectivity index (χ3n) is 3.85. The van der Waals surface area contributed by atoms with Gasteiger partial charge in [-0.1, -0.05) is 52.3 Å². The molecule has 4 heteroatoms. The standard InChI is InChI=1S/C21H11BrN2O/c22-20-9-8-19(17-3-1-2-4-18(17)20)21(25)10-6-14-5-7-15(12-23)16(11-14)13-24/h1-11H/b10-6-. The molecule has 0 aliphatic rings. The molecule has 3 nitrogen and oxygen atoms in total. The van der Waals surface area contributed by atoms with Gasteiger partial charge < -0.3 is 0 Å². The molecule has 25 heavy (non-hydrogen) atoms. The maximum Gasteiger partial charge on any atom is 0.186 e. The van der Waals surface area contributed by atoms with Crippen molar-refractivity contribution >= 4 is 38.6 Å². The SMILES string of the molecule is N#Cc1ccc(/C=C\C(=O)c2ccc(Br)c3ccccc23)cc1C#N. The predicted molar refractivity (Wildman–Crippen MR) is 101 cm³/mol. The van der Waals surface area contributed by atoms with Crippen LogP contribution >= 0.6 is 15.9 Å². The van der Waals surface area contributed by atoms with Gasteiger partial charge in [0.15, 0.2) is 5.78 Å². The maximum absolute atomic E-state index is 12.6. The van der Waals surface area contributed by atoms with Gasteiger partial charge in [0.2, 0.25) is 0 Å². The lowest BCUT2D eigenvalue weighted by molar-refractivity contribution is 0.104. The van der Waals surface area contributed by atoms with Crippen LogP contribution < -0.4 is 0 Å². The summed E-state index contributed by atoms with van der Waals surface area (Å²) >= 11 is 3.50. The number of allylic oxidation sites excluding steroid dienone is 1. The monoisotopic (exact) mass is 386 g/mol. The number of halogens is 1. The largest absolute Gasteiger partial charge is 0.289 e. The average molecular weight is 387 g/mol. The van der Waals surface area contributed by atoms with Gasteiger partial charge in [-0.2, -0.15) is 10.5 Å². The summed E-state index contributed by atoms with van der Waals surface area (Å²) in [4.78, 5) is 12.6. The number of carbonyl (C=O) groups excluding carboxylic acids is 1. The Labute approximate surface area is 153 Å². The summed E-state index contributed by atoms with van der Waals surface area (Å²) in [7, 11) is 0. The van der Waals surface area contributed by atoms with Crippen LogP contribution in [0.2, 0.25) is 0 Å². The number of rotatable bonds is 3. The molecule has 0 bridgehead atoms. The van der Waals surface area contributed by atoms with E-state index in [0.29, 0.717) is 22.3 Å². The van der Waals surface area contributed by atoms with Gasteiger partial charge in [0.1, 0.15) is 12.1 Å². The van der Waals surface area contributed by atoms with Crippen molar-refractivity contribution in [3.63, 3.8) is 0 Å². The van der Waals surface area contributed by atoms with Crippen LogP contribution in [0.3, 0.4) is 0 Å². The van der Waals surface area contributed by atoms with E-state index in [2.05, 4.69) is 15.9 Å². The number of ketones is 1. The molecule has 3 aromatic carbocycles. The van der Waals surface area contributed by atoms with Gasteiger partial charge >= 0.3 is 0 Å². The van der Waals surface area contributed by atoms with E-state index in [-0.39, 0.29) is 5.78 Å². The molecular formula is C21H11BrN2O. The maximum atomic E-state index is 12.6. The van der Waals surface area contributed by atoms with Crippen molar-refractivity contribution in [2.45, 2.75) is 0 Å². The minimum Gasteiger partial charge on any atom is -0.289 e. The van der Waals surface area contributed by atoms with Crippen LogP contribution in [0.25, 0.3) is 16.8 Å². The number of benzene rings is 3. The molecule has 0 unspecified atom stereocenters. The Morgan fingerprint density at radius 3 is 2.36 bits per heavy atom. The summed E-state index contributed by atoms with van der Waals surface area (Å²) in [5.41, 5.74) is 1.94. The second kappa shape index (κ2) is 7.13. The first kappa shape index (κ1) is 16.6. The summed E-state index contributed by atoms with van der Waals surface area (Å²) in [6.45, 7) is 0. The normalized spacial score (nSPS) is 10.5. The van der Waals surface area contributed by atoms with Gasteiger partial charge in [-0.15, -0.1) is 0 Å². The smallest absolute Gasteiger partial charge is 0.186 e. The third-order valence-corrected chi connectivity index (χ3v) is 4.54. The topological polar surface area (TPSA) is 64.7 Å².